The van der Waals surface area contributed by atoms with Crippen LogP contribution in [0.3, 0.4) is 0 Å². The fraction of sp³-hybridized carbons (Fsp3) is 0.269. The van der Waals surface area contributed by atoms with E-state index >= 15 is 0 Å². The summed E-state index contributed by atoms with van der Waals surface area (Å²) >= 11 is 0. The Morgan fingerprint density at radius 3 is 2.51 bits per heavy atom. The Bertz CT molecular complexity index is 1150. The molecule has 1 aliphatic rings. The average molecular weight is 477 g/mol. The summed E-state index contributed by atoms with van der Waals surface area (Å²) in [5.74, 6) is 0.122. The highest BCUT2D eigenvalue weighted by Crippen LogP contribution is 2.19. The van der Waals surface area contributed by atoms with Gasteiger partial charge in [0.15, 0.2) is 0 Å². The lowest BCUT2D eigenvalue weighted by Crippen LogP contribution is -2.51. The number of hydrogen-bond acceptors (Lipinski definition) is 7. The van der Waals surface area contributed by atoms with Crippen LogP contribution in [0.1, 0.15) is 16.1 Å². The summed E-state index contributed by atoms with van der Waals surface area (Å²) in [4.78, 5) is 25.7. The van der Waals surface area contributed by atoms with Gasteiger partial charge in [0.1, 0.15) is 17.3 Å². The van der Waals surface area contributed by atoms with E-state index in [1.165, 1.54) is 18.3 Å². The van der Waals surface area contributed by atoms with Crippen LogP contribution in [0.5, 0.6) is 0 Å². The summed E-state index contributed by atoms with van der Waals surface area (Å²) in [5.41, 5.74) is 8.08. The molecule has 0 bridgehead atoms. The number of nitrogen functional groups attached to an aromatic ring is 1. The number of nitrogens with zero attached hydrogens (tertiary/aromatic N) is 4. The summed E-state index contributed by atoms with van der Waals surface area (Å²) < 4.78 is 18.6. The van der Waals surface area contributed by atoms with Crippen LogP contribution < -0.4 is 16.0 Å². The predicted octanol–water partition coefficient (Wildman–Crippen LogP) is 3.30. The van der Waals surface area contributed by atoms with E-state index in [0.717, 1.165) is 37.6 Å². The molecule has 0 spiro atoms. The topological polar surface area (TPSA) is 96.6 Å². The second-order valence-corrected chi connectivity index (χ2v) is 8.26. The molecule has 0 aliphatic carbocycles. The number of benzene rings is 2. The van der Waals surface area contributed by atoms with E-state index in [-0.39, 0.29) is 23.5 Å². The van der Waals surface area contributed by atoms with Crippen molar-refractivity contribution < 1.29 is 13.9 Å². The Morgan fingerprint density at radius 1 is 1.11 bits per heavy atom. The third kappa shape index (κ3) is 6.40. The number of halogens is 1. The molecule has 3 aromatic rings. The van der Waals surface area contributed by atoms with Crippen molar-refractivity contribution in [3.05, 3.63) is 84.1 Å². The van der Waals surface area contributed by atoms with E-state index < -0.39 is 0 Å². The van der Waals surface area contributed by atoms with Crippen molar-refractivity contribution in [3.63, 3.8) is 0 Å². The maximum Gasteiger partial charge on any atom is 0.275 e. The molecule has 9 heteroatoms. The summed E-state index contributed by atoms with van der Waals surface area (Å²) in [5, 5.41) is 2.76. The third-order valence-corrected chi connectivity index (χ3v) is 5.91. The number of hydrogen-bond donors (Lipinski definition) is 2. The van der Waals surface area contributed by atoms with Gasteiger partial charge in [0, 0.05) is 33.3 Å². The number of aromatic nitrogens is 2. The van der Waals surface area contributed by atoms with Gasteiger partial charge in [0.2, 0.25) is 0 Å². The van der Waals surface area contributed by atoms with Crippen molar-refractivity contribution in [3.8, 4) is 0 Å². The molecule has 1 aromatic heterocycles. The number of anilines is 3. The Balaban J connectivity index is 1.33. The Morgan fingerprint density at radius 2 is 1.86 bits per heavy atom. The van der Waals surface area contributed by atoms with Crippen molar-refractivity contribution in [2.24, 2.45) is 0 Å². The first-order chi connectivity index (χ1) is 17.0. The van der Waals surface area contributed by atoms with Gasteiger partial charge in [0.25, 0.3) is 5.91 Å². The number of carbonyl (C=O) groups is 1. The minimum atomic E-state index is -0.359. The van der Waals surface area contributed by atoms with Gasteiger partial charge in [-0.25, -0.2) is 14.4 Å². The Labute approximate surface area is 204 Å². The number of methoxy groups -OCH3 is 1. The number of rotatable bonds is 8. The summed E-state index contributed by atoms with van der Waals surface area (Å²) in [6, 6.07) is 13.6. The molecule has 1 fully saturated rings. The molecule has 1 atom stereocenters. The van der Waals surface area contributed by atoms with Crippen LogP contribution in [-0.4, -0.2) is 66.7 Å². The SMILES string of the molecule is COCC(/C=C/c1ccc(F)cc1)N1CCN(c2cnc(C(=O)Nc3ccccc3N)cn2)CC1. The van der Waals surface area contributed by atoms with Gasteiger partial charge in [-0.2, -0.15) is 0 Å². The van der Waals surface area contributed by atoms with Crippen LogP contribution >= 0.6 is 0 Å². The maximum atomic E-state index is 13.1. The summed E-state index contributed by atoms with van der Waals surface area (Å²) in [6.07, 6.45) is 7.20. The van der Waals surface area contributed by atoms with E-state index in [0.29, 0.717) is 18.0 Å². The molecule has 2 heterocycles. The van der Waals surface area contributed by atoms with Gasteiger partial charge in [-0.1, -0.05) is 36.4 Å². The molecular formula is C26H29FN6O2. The number of piperazine rings is 1. The number of ether oxygens (including phenoxy) is 1. The quantitative estimate of drug-likeness (QED) is 0.482. The predicted molar refractivity (Wildman–Crippen MR) is 136 cm³/mol. The van der Waals surface area contributed by atoms with E-state index in [1.807, 2.05) is 6.08 Å². The minimum absolute atomic E-state index is 0.106. The first-order valence-electron chi connectivity index (χ1n) is 11.4. The molecule has 2 aromatic carbocycles. The standard InChI is InChI=1S/C26H29FN6O2/c1-35-18-21(11-8-19-6-9-20(27)10-7-19)32-12-14-33(15-13-32)25-17-29-24(16-30-25)26(34)31-23-5-3-2-4-22(23)28/h2-11,16-17,21H,12-15,18,28H2,1H3,(H,31,34)/b11-8+. The molecule has 0 saturated carbocycles. The van der Waals surface area contributed by atoms with Gasteiger partial charge in [-0.15, -0.1) is 0 Å². The second kappa shape index (κ2) is 11.5. The molecule has 35 heavy (non-hydrogen) atoms. The van der Waals surface area contributed by atoms with Crippen molar-refractivity contribution in [1.29, 1.82) is 0 Å². The van der Waals surface area contributed by atoms with Crippen LogP contribution in [0.4, 0.5) is 21.6 Å². The van der Waals surface area contributed by atoms with Gasteiger partial charge in [-0.3, -0.25) is 9.69 Å². The third-order valence-electron chi connectivity index (χ3n) is 5.91. The largest absolute Gasteiger partial charge is 0.397 e. The maximum absolute atomic E-state index is 13.1. The number of nitrogens with one attached hydrogen (secondary N) is 1. The van der Waals surface area contributed by atoms with Gasteiger partial charge < -0.3 is 20.7 Å². The summed E-state index contributed by atoms with van der Waals surface area (Å²) in [6.45, 7) is 3.74. The first kappa shape index (κ1) is 24.3. The molecule has 3 N–H and O–H groups in total. The molecule has 1 saturated heterocycles. The van der Waals surface area contributed by atoms with E-state index in [1.54, 1.807) is 49.7 Å². The molecule has 1 unspecified atom stereocenters. The van der Waals surface area contributed by atoms with Crippen LogP contribution in [0.15, 0.2) is 67.0 Å². The molecule has 182 valence electrons. The molecular weight excluding hydrogens is 447 g/mol. The highest BCUT2D eigenvalue weighted by molar-refractivity contribution is 6.04. The number of carbonyl (C=O) groups excluding carboxylic acids is 1. The van der Waals surface area contributed by atoms with Crippen LogP contribution in [0.25, 0.3) is 6.08 Å². The van der Waals surface area contributed by atoms with Crippen molar-refractivity contribution in [1.82, 2.24) is 14.9 Å². The molecule has 1 amide bonds. The molecule has 4 rings (SSSR count). The normalized spacial score (nSPS) is 15.3. The molecule has 0 radical (unpaired) electrons. The monoisotopic (exact) mass is 476 g/mol. The lowest BCUT2D eigenvalue weighted by molar-refractivity contribution is 0.102. The zero-order chi connectivity index (χ0) is 24.6. The van der Waals surface area contributed by atoms with E-state index in [2.05, 4.69) is 31.2 Å². The zero-order valence-corrected chi connectivity index (χ0v) is 19.6. The Hall–Kier alpha value is -3.82. The van der Waals surface area contributed by atoms with Crippen LogP contribution in [0.2, 0.25) is 0 Å². The smallest absolute Gasteiger partial charge is 0.275 e. The fourth-order valence-electron chi connectivity index (χ4n) is 3.93. The van der Waals surface area contributed by atoms with E-state index in [4.69, 9.17) is 10.5 Å². The number of nitrogens with two attached hydrogens (primary N) is 1. The fourth-order valence-corrected chi connectivity index (χ4v) is 3.93. The molecule has 8 nitrogen and oxygen atoms in total. The highest BCUT2D eigenvalue weighted by Gasteiger charge is 2.23. The van der Waals surface area contributed by atoms with Gasteiger partial charge in [-0.05, 0) is 29.8 Å². The number of amides is 1. The van der Waals surface area contributed by atoms with E-state index in [9.17, 15) is 9.18 Å². The van der Waals surface area contributed by atoms with Crippen LogP contribution in [0, 0.1) is 5.82 Å². The van der Waals surface area contributed by atoms with Crippen molar-refractivity contribution >= 4 is 29.2 Å². The highest BCUT2D eigenvalue weighted by atomic mass is 19.1. The summed E-state index contributed by atoms with van der Waals surface area (Å²) in [7, 11) is 1.69. The lowest BCUT2D eigenvalue weighted by Gasteiger charge is -2.38. The van der Waals surface area contributed by atoms with Crippen LogP contribution in [-0.2, 0) is 4.74 Å². The average Bonchev–Trinajstić information content (AvgIpc) is 2.89. The Kier molecular flexibility index (Phi) is 8.02. The number of para-hydroxylation sites is 2. The molecule has 1 aliphatic heterocycles. The lowest BCUT2D eigenvalue weighted by atomic mass is 10.1. The second-order valence-electron chi connectivity index (χ2n) is 8.26. The van der Waals surface area contributed by atoms with Gasteiger partial charge >= 0.3 is 0 Å². The van der Waals surface area contributed by atoms with Crippen molar-refractivity contribution in [2.75, 3.05) is 55.8 Å². The minimum Gasteiger partial charge on any atom is -0.397 e. The van der Waals surface area contributed by atoms with Gasteiger partial charge in [0.05, 0.1) is 36.4 Å². The zero-order valence-electron chi connectivity index (χ0n) is 19.6. The van der Waals surface area contributed by atoms with Crippen molar-refractivity contribution in [2.45, 2.75) is 6.04 Å². The first-order valence-corrected chi connectivity index (χ1v) is 11.4.